The number of hydrogen-bond donors (Lipinski definition) is 2. The van der Waals surface area contributed by atoms with Crippen LogP contribution >= 0.6 is 7.60 Å². The molecular weight excluding hydrogens is 321 g/mol. The molecule has 1 aromatic heterocycles. The maximum atomic E-state index is 12.8. The van der Waals surface area contributed by atoms with Gasteiger partial charge in [0.2, 0.25) is 5.34 Å². The highest BCUT2D eigenvalue weighted by molar-refractivity contribution is 7.86. The minimum atomic E-state index is -4.66. The van der Waals surface area contributed by atoms with E-state index in [2.05, 4.69) is 4.98 Å². The lowest BCUT2D eigenvalue weighted by molar-refractivity contribution is 0.0809. The second-order valence-electron chi connectivity index (χ2n) is 4.12. The van der Waals surface area contributed by atoms with Gasteiger partial charge in [0.1, 0.15) is 5.75 Å². The van der Waals surface area contributed by atoms with Gasteiger partial charge in [0.25, 0.3) is 10.1 Å². The summed E-state index contributed by atoms with van der Waals surface area (Å²) in [5.74, 6) is -1.23. The molecular formula is C11H18NO7PS. The first kappa shape index (κ1) is 18.2. The zero-order chi connectivity index (χ0) is 16.1. The van der Waals surface area contributed by atoms with E-state index >= 15 is 0 Å². The maximum Gasteiger partial charge on any atom is 0.367 e. The molecule has 0 saturated heterocycles. The van der Waals surface area contributed by atoms with Crippen molar-refractivity contribution in [2.75, 3.05) is 19.0 Å². The first-order chi connectivity index (χ1) is 9.68. The van der Waals surface area contributed by atoms with Crippen molar-refractivity contribution in [2.24, 2.45) is 0 Å². The molecule has 0 aliphatic carbocycles. The van der Waals surface area contributed by atoms with E-state index in [9.17, 15) is 18.1 Å². The lowest BCUT2D eigenvalue weighted by Crippen LogP contribution is -2.36. The van der Waals surface area contributed by atoms with Crippen LogP contribution in [0.4, 0.5) is 0 Å². The van der Waals surface area contributed by atoms with Gasteiger partial charge in [0.05, 0.1) is 13.2 Å². The van der Waals surface area contributed by atoms with Crippen molar-refractivity contribution in [1.29, 1.82) is 0 Å². The standard InChI is InChI=1S/C11H18NO7PS/c1-3-18-20(14,19-4-2)11(13,9-21(15,16)17)10-6-5-7-12-8-10/h5-8,13H,3-4,9H2,1-2H3,(H,15,16,17). The van der Waals surface area contributed by atoms with Crippen LogP contribution in [0.25, 0.3) is 0 Å². The van der Waals surface area contributed by atoms with Crippen LogP contribution in [-0.2, 0) is 29.1 Å². The molecule has 120 valence electrons. The van der Waals surface area contributed by atoms with Crippen LogP contribution in [0.5, 0.6) is 0 Å². The Balaban J connectivity index is 3.46. The Hall–Kier alpha value is -0.830. The average molecular weight is 339 g/mol. The Labute approximate surface area is 123 Å². The molecule has 0 saturated carbocycles. The van der Waals surface area contributed by atoms with Crippen molar-refractivity contribution in [3.63, 3.8) is 0 Å². The predicted octanol–water partition coefficient (Wildman–Crippen LogP) is 1.38. The molecule has 10 heteroatoms. The number of rotatable bonds is 8. The summed E-state index contributed by atoms with van der Waals surface area (Å²) in [6.45, 7) is 2.88. The molecule has 0 spiro atoms. The SMILES string of the molecule is CCOP(=O)(OCC)C(O)(CS(=O)(=O)O)c1cccnc1. The highest BCUT2D eigenvalue weighted by atomic mass is 32.2. The second kappa shape index (κ2) is 6.95. The van der Waals surface area contributed by atoms with Gasteiger partial charge in [-0.3, -0.25) is 14.1 Å². The van der Waals surface area contributed by atoms with E-state index in [4.69, 9.17) is 13.6 Å². The predicted molar refractivity (Wildman–Crippen MR) is 75.4 cm³/mol. The van der Waals surface area contributed by atoms with Gasteiger partial charge in [0, 0.05) is 18.0 Å². The Morgan fingerprint density at radius 1 is 1.33 bits per heavy atom. The molecule has 0 aromatic carbocycles. The second-order valence-corrected chi connectivity index (χ2v) is 7.82. The van der Waals surface area contributed by atoms with Crippen LogP contribution in [0.2, 0.25) is 0 Å². The number of aliphatic hydroxyl groups is 1. The van der Waals surface area contributed by atoms with Crippen molar-refractivity contribution in [3.05, 3.63) is 30.1 Å². The summed E-state index contributed by atoms with van der Waals surface area (Å²) in [5.41, 5.74) is -0.0899. The van der Waals surface area contributed by atoms with E-state index in [1.165, 1.54) is 32.2 Å². The summed E-state index contributed by atoms with van der Waals surface area (Å²) in [7, 11) is -8.94. The van der Waals surface area contributed by atoms with Crippen LogP contribution < -0.4 is 0 Å². The van der Waals surface area contributed by atoms with Gasteiger partial charge < -0.3 is 14.2 Å². The van der Waals surface area contributed by atoms with E-state index in [0.29, 0.717) is 0 Å². The summed E-state index contributed by atoms with van der Waals surface area (Å²) in [5, 5.41) is 8.15. The van der Waals surface area contributed by atoms with E-state index in [0.717, 1.165) is 6.20 Å². The van der Waals surface area contributed by atoms with Gasteiger partial charge in [-0.25, -0.2) is 0 Å². The zero-order valence-electron chi connectivity index (χ0n) is 11.7. The first-order valence-electron chi connectivity index (χ1n) is 6.16. The molecule has 0 radical (unpaired) electrons. The topological polar surface area (TPSA) is 123 Å². The average Bonchev–Trinajstić information content (AvgIpc) is 2.38. The molecule has 21 heavy (non-hydrogen) atoms. The van der Waals surface area contributed by atoms with E-state index in [1.807, 2.05) is 0 Å². The maximum absolute atomic E-state index is 12.8. The first-order valence-corrected chi connectivity index (χ1v) is 9.31. The van der Waals surface area contributed by atoms with Crippen LogP contribution in [-0.4, -0.2) is 42.0 Å². The minimum absolute atomic E-state index is 0.0780. The van der Waals surface area contributed by atoms with Gasteiger partial charge in [-0.15, -0.1) is 0 Å². The monoisotopic (exact) mass is 339 g/mol. The molecule has 0 bridgehead atoms. The third-order valence-electron chi connectivity index (χ3n) is 2.56. The van der Waals surface area contributed by atoms with Gasteiger partial charge in [-0.05, 0) is 19.9 Å². The summed E-state index contributed by atoms with van der Waals surface area (Å²) >= 11 is 0. The normalized spacial score (nSPS) is 15.6. The molecule has 1 rings (SSSR count). The quantitative estimate of drug-likeness (QED) is 0.538. The van der Waals surface area contributed by atoms with Crippen molar-refractivity contribution in [2.45, 2.75) is 19.2 Å². The molecule has 0 aliphatic rings. The fraction of sp³-hybridized carbons (Fsp3) is 0.545. The number of pyridine rings is 1. The Bertz CT molecular complexity index is 596. The molecule has 8 nitrogen and oxygen atoms in total. The molecule has 0 amide bonds. The summed E-state index contributed by atoms with van der Waals surface area (Å²) < 4.78 is 54.4. The Kier molecular flexibility index (Phi) is 6.03. The van der Waals surface area contributed by atoms with Gasteiger partial charge in [-0.1, -0.05) is 6.07 Å². The smallest absolute Gasteiger partial charge is 0.367 e. The van der Waals surface area contributed by atoms with Crippen molar-refractivity contribution >= 4 is 17.7 Å². The summed E-state index contributed by atoms with van der Waals surface area (Å²) in [4.78, 5) is 3.75. The zero-order valence-corrected chi connectivity index (χ0v) is 13.4. The van der Waals surface area contributed by atoms with E-state index in [1.54, 1.807) is 0 Å². The molecule has 1 heterocycles. The van der Waals surface area contributed by atoms with Crippen molar-refractivity contribution in [1.82, 2.24) is 4.98 Å². The van der Waals surface area contributed by atoms with Crippen LogP contribution in [0.15, 0.2) is 24.5 Å². The van der Waals surface area contributed by atoms with Crippen LogP contribution in [0.3, 0.4) is 0 Å². The lowest BCUT2D eigenvalue weighted by atomic mass is 10.2. The molecule has 0 fully saturated rings. The van der Waals surface area contributed by atoms with Crippen molar-refractivity contribution in [3.8, 4) is 0 Å². The molecule has 0 aliphatic heterocycles. The third kappa shape index (κ3) is 4.32. The lowest BCUT2D eigenvalue weighted by Gasteiger charge is -2.33. The third-order valence-corrected chi connectivity index (χ3v) is 6.07. The highest BCUT2D eigenvalue weighted by Gasteiger charge is 2.54. The minimum Gasteiger partial charge on any atom is -0.372 e. The molecule has 1 unspecified atom stereocenters. The fourth-order valence-corrected chi connectivity index (χ4v) is 5.19. The van der Waals surface area contributed by atoms with E-state index in [-0.39, 0.29) is 18.8 Å². The molecule has 1 atom stereocenters. The van der Waals surface area contributed by atoms with Crippen molar-refractivity contribution < 1.29 is 31.7 Å². The van der Waals surface area contributed by atoms with Crippen LogP contribution in [0.1, 0.15) is 19.4 Å². The summed E-state index contributed by atoms with van der Waals surface area (Å²) in [6, 6.07) is 2.75. The van der Waals surface area contributed by atoms with Gasteiger partial charge in [-0.2, -0.15) is 8.42 Å². The molecule has 2 N–H and O–H groups in total. The van der Waals surface area contributed by atoms with E-state index < -0.39 is 28.8 Å². The molecule has 1 aromatic rings. The van der Waals surface area contributed by atoms with Gasteiger partial charge in [0.15, 0.2) is 0 Å². The van der Waals surface area contributed by atoms with Gasteiger partial charge >= 0.3 is 7.60 Å². The fourth-order valence-electron chi connectivity index (χ4n) is 1.77. The number of nitrogens with zero attached hydrogens (tertiary/aromatic N) is 1. The number of hydrogen-bond acceptors (Lipinski definition) is 7. The largest absolute Gasteiger partial charge is 0.372 e. The summed E-state index contributed by atoms with van der Waals surface area (Å²) in [6.07, 6.45) is 2.53. The highest BCUT2D eigenvalue weighted by Crippen LogP contribution is 2.63. The Morgan fingerprint density at radius 3 is 2.29 bits per heavy atom. The number of aromatic nitrogens is 1. The Morgan fingerprint density at radius 2 is 1.90 bits per heavy atom. The van der Waals surface area contributed by atoms with Crippen LogP contribution in [0, 0.1) is 0 Å².